The Hall–Kier alpha value is -1.67. The van der Waals surface area contributed by atoms with E-state index in [4.69, 9.17) is 5.26 Å². The zero-order valence-corrected chi connectivity index (χ0v) is 10.5. The molecule has 0 aliphatic heterocycles. The summed E-state index contributed by atoms with van der Waals surface area (Å²) in [5.41, 5.74) is 0.366. The third kappa shape index (κ3) is 3.14. The summed E-state index contributed by atoms with van der Waals surface area (Å²) in [6.07, 6.45) is 1.55. The Morgan fingerprint density at radius 2 is 1.88 bits per heavy atom. The van der Waals surface area contributed by atoms with E-state index in [9.17, 15) is 13.2 Å². The van der Waals surface area contributed by atoms with Crippen molar-refractivity contribution >= 4 is 15.6 Å². The van der Waals surface area contributed by atoms with Gasteiger partial charge in [-0.05, 0) is 18.6 Å². The summed E-state index contributed by atoms with van der Waals surface area (Å²) in [4.78, 5) is 12.0. The van der Waals surface area contributed by atoms with Gasteiger partial charge in [0.2, 0.25) is 0 Å². The lowest BCUT2D eigenvalue weighted by Crippen LogP contribution is -2.12. The number of benzene rings is 1. The van der Waals surface area contributed by atoms with Crippen LogP contribution < -0.4 is 0 Å². The van der Waals surface area contributed by atoms with Crippen molar-refractivity contribution in [3.8, 4) is 6.07 Å². The van der Waals surface area contributed by atoms with Crippen molar-refractivity contribution in [3.05, 3.63) is 29.8 Å². The van der Waals surface area contributed by atoms with Gasteiger partial charge in [0, 0.05) is 11.8 Å². The molecule has 0 saturated heterocycles. The highest BCUT2D eigenvalue weighted by molar-refractivity contribution is 7.90. The maximum absolute atomic E-state index is 11.8. The van der Waals surface area contributed by atoms with Crippen LogP contribution in [0.15, 0.2) is 29.2 Å². The predicted octanol–water partition coefficient (Wildman–Crippen LogP) is 1.82. The van der Waals surface area contributed by atoms with Crippen LogP contribution in [-0.2, 0) is 9.84 Å². The van der Waals surface area contributed by atoms with Gasteiger partial charge in [-0.1, -0.05) is 19.1 Å². The van der Waals surface area contributed by atoms with Gasteiger partial charge in [-0.2, -0.15) is 5.26 Å². The Kier molecular flexibility index (Phi) is 4.02. The number of rotatable bonds is 4. The Labute approximate surface area is 101 Å². The number of nitrogens with zero attached hydrogens (tertiary/aromatic N) is 1. The maximum atomic E-state index is 11.8. The van der Waals surface area contributed by atoms with E-state index >= 15 is 0 Å². The third-order valence-electron chi connectivity index (χ3n) is 2.45. The summed E-state index contributed by atoms with van der Waals surface area (Å²) in [5.74, 6) is -0.936. The van der Waals surface area contributed by atoms with E-state index in [0.717, 1.165) is 6.26 Å². The van der Waals surface area contributed by atoms with Gasteiger partial charge in [-0.15, -0.1) is 0 Å². The van der Waals surface area contributed by atoms with Crippen molar-refractivity contribution in [3.63, 3.8) is 0 Å². The van der Waals surface area contributed by atoms with Crippen molar-refractivity contribution in [2.24, 2.45) is 5.92 Å². The highest BCUT2D eigenvalue weighted by Crippen LogP contribution is 2.15. The van der Waals surface area contributed by atoms with Crippen LogP contribution in [0.25, 0.3) is 0 Å². The van der Waals surface area contributed by atoms with E-state index in [1.165, 1.54) is 24.3 Å². The molecule has 90 valence electrons. The number of carbonyl (C=O) groups excluding carboxylic acids is 1. The molecule has 0 heterocycles. The molecular weight excluding hydrogens is 238 g/mol. The van der Waals surface area contributed by atoms with Crippen molar-refractivity contribution in [1.29, 1.82) is 5.26 Å². The summed E-state index contributed by atoms with van der Waals surface area (Å²) >= 11 is 0. The van der Waals surface area contributed by atoms with E-state index < -0.39 is 15.8 Å². The second-order valence-corrected chi connectivity index (χ2v) is 5.77. The number of Topliss-reactive ketones (excluding diaryl/α,β-unsaturated/α-hetero) is 1. The number of sulfone groups is 1. The zero-order valence-electron chi connectivity index (χ0n) is 9.67. The summed E-state index contributed by atoms with van der Waals surface area (Å²) < 4.78 is 22.4. The van der Waals surface area contributed by atoms with E-state index in [2.05, 4.69) is 0 Å². The molecule has 0 bridgehead atoms. The number of ketones is 1. The molecule has 0 aliphatic rings. The molecule has 1 rings (SSSR count). The zero-order chi connectivity index (χ0) is 13.1. The number of nitriles is 1. The van der Waals surface area contributed by atoms with Gasteiger partial charge in [0.25, 0.3) is 0 Å². The van der Waals surface area contributed by atoms with Crippen molar-refractivity contribution in [2.75, 3.05) is 6.26 Å². The predicted molar refractivity (Wildman–Crippen MR) is 63.3 cm³/mol. The third-order valence-corrected chi connectivity index (χ3v) is 3.58. The fourth-order valence-electron chi connectivity index (χ4n) is 1.40. The standard InChI is InChI=1S/C12H13NO3S/c1-3-9(8-13)12(14)10-4-6-11(7-5-10)17(2,15)16/h4-7,9H,3H2,1-2H3. The van der Waals surface area contributed by atoms with Crippen LogP contribution in [0.5, 0.6) is 0 Å². The molecule has 0 spiro atoms. The lowest BCUT2D eigenvalue weighted by atomic mass is 9.97. The molecule has 0 aliphatic carbocycles. The lowest BCUT2D eigenvalue weighted by Gasteiger charge is -2.05. The van der Waals surface area contributed by atoms with Gasteiger partial charge in [0.15, 0.2) is 15.6 Å². The van der Waals surface area contributed by atoms with Crippen LogP contribution in [0.3, 0.4) is 0 Å². The van der Waals surface area contributed by atoms with Crippen LogP contribution in [0.1, 0.15) is 23.7 Å². The van der Waals surface area contributed by atoms with Gasteiger partial charge in [0.1, 0.15) is 5.92 Å². The number of hydrogen-bond acceptors (Lipinski definition) is 4. The molecule has 1 aromatic carbocycles. The first kappa shape index (κ1) is 13.4. The Bertz CT molecular complexity index is 552. The molecule has 1 unspecified atom stereocenters. The van der Waals surface area contributed by atoms with Crippen molar-refractivity contribution in [2.45, 2.75) is 18.2 Å². The first-order chi connectivity index (χ1) is 7.90. The first-order valence-electron chi connectivity index (χ1n) is 5.14. The molecule has 1 aromatic rings. The van der Waals surface area contributed by atoms with Gasteiger partial charge < -0.3 is 0 Å². The van der Waals surface area contributed by atoms with Crippen LogP contribution in [0, 0.1) is 17.2 Å². The molecule has 1 atom stereocenters. The topological polar surface area (TPSA) is 75.0 Å². The fourth-order valence-corrected chi connectivity index (χ4v) is 2.03. The summed E-state index contributed by atoms with van der Waals surface area (Å²) in [6, 6.07) is 7.58. The van der Waals surface area contributed by atoms with Crippen LogP contribution in [0.4, 0.5) is 0 Å². The number of hydrogen-bond donors (Lipinski definition) is 0. The normalized spacial score (nSPS) is 12.8. The molecule has 0 aromatic heterocycles. The average molecular weight is 251 g/mol. The van der Waals surface area contributed by atoms with Gasteiger partial charge >= 0.3 is 0 Å². The van der Waals surface area contributed by atoms with E-state index in [1.54, 1.807) is 6.92 Å². The van der Waals surface area contributed by atoms with Crippen molar-refractivity contribution in [1.82, 2.24) is 0 Å². The smallest absolute Gasteiger partial charge is 0.179 e. The van der Waals surface area contributed by atoms with Crippen LogP contribution in [-0.4, -0.2) is 20.5 Å². The van der Waals surface area contributed by atoms with E-state index in [-0.39, 0.29) is 10.7 Å². The molecule has 4 nitrogen and oxygen atoms in total. The largest absolute Gasteiger partial charge is 0.293 e. The second kappa shape index (κ2) is 5.11. The summed E-state index contributed by atoms with van der Waals surface area (Å²) in [6.45, 7) is 1.76. The molecular formula is C12H13NO3S. The highest BCUT2D eigenvalue weighted by Gasteiger charge is 2.18. The molecule has 5 heteroatoms. The molecule has 0 radical (unpaired) electrons. The Morgan fingerprint density at radius 3 is 2.24 bits per heavy atom. The van der Waals surface area contributed by atoms with Crippen LogP contribution >= 0.6 is 0 Å². The minimum absolute atomic E-state index is 0.166. The van der Waals surface area contributed by atoms with E-state index in [0.29, 0.717) is 12.0 Å². The minimum Gasteiger partial charge on any atom is -0.293 e. The second-order valence-electron chi connectivity index (χ2n) is 3.75. The molecule has 0 fully saturated rings. The number of carbonyl (C=O) groups is 1. The summed E-state index contributed by atoms with van der Waals surface area (Å²) in [7, 11) is -3.25. The first-order valence-corrected chi connectivity index (χ1v) is 7.03. The molecule has 0 saturated carbocycles. The molecule has 17 heavy (non-hydrogen) atoms. The summed E-state index contributed by atoms with van der Waals surface area (Å²) in [5, 5.41) is 8.77. The Balaban J connectivity index is 3.05. The SMILES string of the molecule is CCC(C#N)C(=O)c1ccc(S(C)(=O)=O)cc1. The average Bonchev–Trinajstić information content (AvgIpc) is 2.29. The van der Waals surface area contributed by atoms with Crippen molar-refractivity contribution < 1.29 is 13.2 Å². The minimum atomic E-state index is -3.25. The van der Waals surface area contributed by atoms with Gasteiger partial charge in [0.05, 0.1) is 11.0 Å². The highest BCUT2D eigenvalue weighted by atomic mass is 32.2. The van der Waals surface area contributed by atoms with Gasteiger partial charge in [-0.25, -0.2) is 8.42 Å². The van der Waals surface area contributed by atoms with Gasteiger partial charge in [-0.3, -0.25) is 4.79 Å². The Morgan fingerprint density at radius 1 is 1.35 bits per heavy atom. The quantitative estimate of drug-likeness (QED) is 0.765. The van der Waals surface area contributed by atoms with E-state index in [1.807, 2.05) is 6.07 Å². The molecule has 0 amide bonds. The maximum Gasteiger partial charge on any atom is 0.179 e. The molecule has 0 N–H and O–H groups in total. The lowest BCUT2D eigenvalue weighted by molar-refractivity contribution is 0.0946. The monoisotopic (exact) mass is 251 g/mol. The fraction of sp³-hybridized carbons (Fsp3) is 0.333. The van der Waals surface area contributed by atoms with Crippen LogP contribution in [0.2, 0.25) is 0 Å².